The topological polar surface area (TPSA) is 59.8 Å². The minimum Gasteiger partial charge on any atom is -0.325 e. The van der Waals surface area contributed by atoms with Gasteiger partial charge in [0.15, 0.2) is 11.0 Å². The van der Waals surface area contributed by atoms with Gasteiger partial charge in [0.05, 0.1) is 5.25 Å². The molecule has 0 radical (unpaired) electrons. The zero-order chi connectivity index (χ0) is 23.5. The third-order valence-electron chi connectivity index (χ3n) is 5.31. The van der Waals surface area contributed by atoms with E-state index in [4.69, 9.17) is 0 Å². The number of rotatable bonds is 6. The third-order valence-corrected chi connectivity index (χ3v) is 6.35. The van der Waals surface area contributed by atoms with Crippen LogP contribution in [0.1, 0.15) is 23.6 Å². The van der Waals surface area contributed by atoms with E-state index in [2.05, 4.69) is 27.6 Å². The van der Waals surface area contributed by atoms with Crippen LogP contribution in [0.2, 0.25) is 0 Å². The lowest BCUT2D eigenvalue weighted by Crippen LogP contribution is -2.24. The fourth-order valence-electron chi connectivity index (χ4n) is 3.78. The number of aromatic nitrogens is 3. The van der Waals surface area contributed by atoms with Crippen molar-refractivity contribution >= 4 is 23.4 Å². The predicted molar refractivity (Wildman–Crippen MR) is 131 cm³/mol. The Morgan fingerprint density at radius 3 is 2.33 bits per heavy atom. The summed E-state index contributed by atoms with van der Waals surface area (Å²) in [4.78, 5) is 13.0. The van der Waals surface area contributed by atoms with E-state index >= 15 is 0 Å². The first-order valence-corrected chi connectivity index (χ1v) is 11.5. The molecule has 168 valence electrons. The summed E-state index contributed by atoms with van der Waals surface area (Å²) in [6.07, 6.45) is 0. The molecule has 0 spiro atoms. The van der Waals surface area contributed by atoms with Gasteiger partial charge < -0.3 is 5.32 Å². The van der Waals surface area contributed by atoms with Gasteiger partial charge in [-0.15, -0.1) is 10.2 Å². The van der Waals surface area contributed by atoms with Crippen LogP contribution < -0.4 is 5.32 Å². The molecule has 0 saturated carbocycles. The first-order chi connectivity index (χ1) is 15.8. The summed E-state index contributed by atoms with van der Waals surface area (Å²) in [6, 6.07) is 20.0. The van der Waals surface area contributed by atoms with Gasteiger partial charge in [-0.05, 0) is 63.1 Å². The number of amides is 1. The summed E-state index contributed by atoms with van der Waals surface area (Å²) >= 11 is 1.31. The number of anilines is 1. The highest BCUT2D eigenvalue weighted by molar-refractivity contribution is 8.00. The Hall–Kier alpha value is -3.45. The average Bonchev–Trinajstić information content (AvgIpc) is 3.20. The second-order valence-electron chi connectivity index (χ2n) is 8.01. The van der Waals surface area contributed by atoms with Gasteiger partial charge in [-0.25, -0.2) is 4.39 Å². The maximum Gasteiger partial charge on any atom is 0.237 e. The van der Waals surface area contributed by atoms with E-state index in [-0.39, 0.29) is 11.7 Å². The summed E-state index contributed by atoms with van der Waals surface area (Å²) in [6.45, 7) is 7.86. The number of hydrogen-bond acceptors (Lipinski definition) is 4. The van der Waals surface area contributed by atoms with E-state index in [9.17, 15) is 9.18 Å². The molecule has 33 heavy (non-hydrogen) atoms. The van der Waals surface area contributed by atoms with Crippen LogP contribution in [0.5, 0.6) is 0 Å². The molecule has 1 amide bonds. The van der Waals surface area contributed by atoms with Gasteiger partial charge >= 0.3 is 0 Å². The van der Waals surface area contributed by atoms with Gasteiger partial charge in [-0.3, -0.25) is 9.36 Å². The average molecular weight is 461 g/mol. The molecule has 1 aromatic heterocycles. The monoisotopic (exact) mass is 460 g/mol. The van der Waals surface area contributed by atoms with Gasteiger partial charge in [0.1, 0.15) is 5.82 Å². The number of nitrogens with zero attached hydrogens (tertiary/aromatic N) is 3. The van der Waals surface area contributed by atoms with Crippen LogP contribution in [0, 0.1) is 26.6 Å². The molecular formula is C26H25FN4OS. The molecule has 7 heteroatoms. The highest BCUT2D eigenvalue weighted by atomic mass is 32.2. The van der Waals surface area contributed by atoms with Crippen molar-refractivity contribution in [1.82, 2.24) is 14.8 Å². The van der Waals surface area contributed by atoms with E-state index in [0.29, 0.717) is 16.5 Å². The van der Waals surface area contributed by atoms with Crippen molar-refractivity contribution in [3.05, 3.63) is 89.2 Å². The SMILES string of the molecule is Cc1cc(C)c(NC(=O)C(C)Sc2nnc(-c3cccc(F)c3)n2-c2ccccc2)c(C)c1. The molecule has 4 aromatic rings. The van der Waals surface area contributed by atoms with Crippen molar-refractivity contribution in [3.8, 4) is 17.1 Å². The molecule has 0 saturated heterocycles. The summed E-state index contributed by atoms with van der Waals surface area (Å²) in [5, 5.41) is 11.9. The highest BCUT2D eigenvalue weighted by Gasteiger charge is 2.23. The lowest BCUT2D eigenvalue weighted by atomic mass is 10.1. The van der Waals surface area contributed by atoms with Crippen LogP contribution >= 0.6 is 11.8 Å². The number of benzene rings is 3. The number of carbonyl (C=O) groups is 1. The Balaban J connectivity index is 1.65. The molecule has 4 rings (SSSR count). The second-order valence-corrected chi connectivity index (χ2v) is 9.32. The van der Waals surface area contributed by atoms with E-state index in [0.717, 1.165) is 28.1 Å². The highest BCUT2D eigenvalue weighted by Crippen LogP contribution is 2.31. The molecule has 0 aliphatic heterocycles. The largest absolute Gasteiger partial charge is 0.325 e. The minimum absolute atomic E-state index is 0.120. The lowest BCUT2D eigenvalue weighted by Gasteiger charge is -2.16. The Morgan fingerprint density at radius 2 is 1.67 bits per heavy atom. The van der Waals surface area contributed by atoms with E-state index in [1.165, 1.54) is 23.9 Å². The van der Waals surface area contributed by atoms with Crippen molar-refractivity contribution in [1.29, 1.82) is 0 Å². The number of thioether (sulfide) groups is 1. The van der Waals surface area contributed by atoms with Crippen molar-refractivity contribution in [2.24, 2.45) is 0 Å². The molecule has 0 fully saturated rings. The van der Waals surface area contributed by atoms with Gasteiger partial charge in [-0.2, -0.15) is 0 Å². The van der Waals surface area contributed by atoms with Crippen molar-refractivity contribution in [3.63, 3.8) is 0 Å². The number of halogens is 1. The van der Waals surface area contributed by atoms with Crippen LogP contribution in [0.15, 0.2) is 71.9 Å². The zero-order valence-corrected chi connectivity index (χ0v) is 19.8. The van der Waals surface area contributed by atoms with Crippen molar-refractivity contribution in [2.45, 2.75) is 38.1 Å². The molecule has 1 atom stereocenters. The van der Waals surface area contributed by atoms with Crippen molar-refractivity contribution in [2.75, 3.05) is 5.32 Å². The van der Waals surface area contributed by atoms with Crippen LogP contribution in [0.3, 0.4) is 0 Å². The third kappa shape index (κ3) is 4.98. The zero-order valence-electron chi connectivity index (χ0n) is 19.0. The fraction of sp³-hybridized carbons (Fsp3) is 0.192. The Bertz CT molecular complexity index is 1280. The van der Waals surface area contributed by atoms with Crippen LogP contribution in [0.25, 0.3) is 17.1 Å². The molecule has 1 unspecified atom stereocenters. The first-order valence-electron chi connectivity index (χ1n) is 10.7. The number of aryl methyl sites for hydroxylation is 3. The lowest BCUT2D eigenvalue weighted by molar-refractivity contribution is -0.115. The molecule has 1 heterocycles. The Kier molecular flexibility index (Phi) is 6.60. The van der Waals surface area contributed by atoms with Gasteiger partial charge in [0.2, 0.25) is 5.91 Å². The molecule has 5 nitrogen and oxygen atoms in total. The molecule has 0 aliphatic rings. The Labute approximate surface area is 197 Å². The molecule has 0 aliphatic carbocycles. The van der Waals surface area contributed by atoms with Crippen molar-refractivity contribution < 1.29 is 9.18 Å². The maximum atomic E-state index is 13.9. The molecule has 3 aromatic carbocycles. The molecule has 1 N–H and O–H groups in total. The summed E-state index contributed by atoms with van der Waals surface area (Å²) in [7, 11) is 0. The quantitative estimate of drug-likeness (QED) is 0.352. The van der Waals surface area contributed by atoms with E-state index in [1.807, 2.05) is 62.6 Å². The fourth-order valence-corrected chi connectivity index (χ4v) is 4.65. The number of nitrogens with one attached hydrogen (secondary N) is 1. The molecule has 0 bridgehead atoms. The standard InChI is InChI=1S/C26H25FN4OS/c1-16-13-17(2)23(18(3)14-16)28-25(32)19(4)33-26-30-29-24(20-9-8-10-21(27)15-20)31(26)22-11-6-5-7-12-22/h5-15,19H,1-4H3,(H,28,32). The summed E-state index contributed by atoms with van der Waals surface area (Å²) in [5.41, 5.74) is 5.50. The van der Waals surface area contributed by atoms with Crippen LogP contribution in [-0.4, -0.2) is 25.9 Å². The summed E-state index contributed by atoms with van der Waals surface area (Å²) in [5.74, 6) is 0.0481. The second kappa shape index (κ2) is 9.58. The number of hydrogen-bond donors (Lipinski definition) is 1. The minimum atomic E-state index is -0.433. The maximum absolute atomic E-state index is 13.9. The number of para-hydroxylation sites is 1. The van der Waals surface area contributed by atoms with E-state index in [1.54, 1.807) is 12.1 Å². The van der Waals surface area contributed by atoms with Gasteiger partial charge in [0, 0.05) is 16.9 Å². The normalized spacial score (nSPS) is 11.9. The molecular weight excluding hydrogens is 435 g/mol. The van der Waals surface area contributed by atoms with Crippen LogP contribution in [0.4, 0.5) is 10.1 Å². The predicted octanol–water partition coefficient (Wildman–Crippen LogP) is 6.12. The smallest absolute Gasteiger partial charge is 0.237 e. The van der Waals surface area contributed by atoms with Crippen LogP contribution in [-0.2, 0) is 4.79 Å². The summed E-state index contributed by atoms with van der Waals surface area (Å²) < 4.78 is 15.7. The first kappa shape index (κ1) is 22.7. The van der Waals surface area contributed by atoms with Gasteiger partial charge in [0.25, 0.3) is 0 Å². The van der Waals surface area contributed by atoms with E-state index < -0.39 is 5.25 Å². The van der Waals surface area contributed by atoms with Gasteiger partial charge in [-0.1, -0.05) is 59.8 Å². The number of carbonyl (C=O) groups excluding carboxylic acids is 1. The Morgan fingerprint density at radius 1 is 0.970 bits per heavy atom.